The van der Waals surface area contributed by atoms with Crippen LogP contribution in [0.15, 0.2) is 91.0 Å². The summed E-state index contributed by atoms with van der Waals surface area (Å²) in [6.07, 6.45) is -0.171. The maximum atomic E-state index is 13.1. The third-order valence-electron chi connectivity index (χ3n) is 12.9. The van der Waals surface area contributed by atoms with Gasteiger partial charge in [0.05, 0.1) is 77.0 Å². The molecule has 6 aromatic rings. The molecule has 0 bridgehead atoms. The lowest BCUT2D eigenvalue weighted by molar-refractivity contribution is 0.0584. The molecule has 6 rings (SSSR count). The van der Waals surface area contributed by atoms with Crippen molar-refractivity contribution in [3.8, 4) is 52.8 Å². The van der Waals surface area contributed by atoms with Crippen LogP contribution in [0.25, 0.3) is 0 Å². The van der Waals surface area contributed by atoms with Crippen LogP contribution >= 0.6 is 0 Å². The van der Waals surface area contributed by atoms with Crippen LogP contribution in [-0.4, -0.2) is 163 Å². The molecule has 0 radical (unpaired) electrons. The second kappa shape index (κ2) is 32.3. The minimum Gasteiger partial charge on any atom is -0.497 e. The van der Waals surface area contributed by atoms with E-state index in [1.807, 2.05) is 4.90 Å². The van der Waals surface area contributed by atoms with Gasteiger partial charge in [-0.1, -0.05) is 35.5 Å². The smallest absolute Gasteiger partial charge is 0.356 e. The molecule has 0 aliphatic heterocycles. The van der Waals surface area contributed by atoms with E-state index in [-0.39, 0.29) is 56.0 Å². The Morgan fingerprint density at radius 3 is 1.05 bits per heavy atom. The fourth-order valence-corrected chi connectivity index (χ4v) is 9.92. The largest absolute Gasteiger partial charge is 0.497 e. The lowest BCUT2D eigenvalue weighted by Crippen LogP contribution is -2.37. The molecule has 0 atom stereocenters. The van der Waals surface area contributed by atoms with Crippen LogP contribution in [0.1, 0.15) is 98.6 Å². The highest BCUT2D eigenvalue weighted by atomic mass is 32.2. The van der Waals surface area contributed by atoms with Gasteiger partial charge in [-0.3, -0.25) is 18.6 Å². The summed E-state index contributed by atoms with van der Waals surface area (Å²) in [7, 11) is -4.89. The van der Waals surface area contributed by atoms with Gasteiger partial charge < -0.3 is 39.1 Å². The molecule has 3 aromatic carbocycles. The van der Waals surface area contributed by atoms with E-state index in [0.29, 0.717) is 111 Å². The van der Waals surface area contributed by atoms with E-state index < -0.39 is 65.5 Å². The Morgan fingerprint density at radius 2 is 0.750 bits per heavy atom. The van der Waals surface area contributed by atoms with Gasteiger partial charge in [-0.15, -0.1) is 0 Å². The fourth-order valence-electron chi connectivity index (χ4n) is 8.49. The molecular weight excluding hydrogens is 1200 g/mol. The van der Waals surface area contributed by atoms with E-state index in [4.69, 9.17) is 28.4 Å². The fraction of sp³-hybridized carbons (Fsp3) is 0.311. The first-order valence-corrected chi connectivity index (χ1v) is 31.5. The average Bonchev–Trinajstić information content (AvgIpc) is 2.71. The molecule has 3 aromatic heterocycles. The zero-order chi connectivity index (χ0) is 64.0. The van der Waals surface area contributed by atoms with Gasteiger partial charge in [0.1, 0.15) is 34.3 Å². The zero-order valence-corrected chi connectivity index (χ0v) is 51.3. The molecule has 464 valence electrons. The van der Waals surface area contributed by atoms with E-state index in [1.54, 1.807) is 72.8 Å². The molecule has 88 heavy (non-hydrogen) atoms. The Bertz CT molecular complexity index is 3910. The number of nitrogens with zero attached hydrogens (tertiary/aromatic N) is 4. The molecule has 0 saturated heterocycles. The van der Waals surface area contributed by atoms with Crippen molar-refractivity contribution in [3.63, 3.8) is 0 Å². The number of hydrogen-bond acceptors (Lipinski definition) is 21. The topological polar surface area (TPSA) is 336 Å². The van der Waals surface area contributed by atoms with Crippen LogP contribution in [0.2, 0.25) is 0 Å². The van der Waals surface area contributed by atoms with Gasteiger partial charge in [0.2, 0.25) is 0 Å². The summed E-state index contributed by atoms with van der Waals surface area (Å²) in [5.74, 6) is 15.8. The third kappa shape index (κ3) is 22.5. The van der Waals surface area contributed by atoms with Gasteiger partial charge in [0.25, 0.3) is 30.4 Å². The number of rotatable bonds is 27. The van der Waals surface area contributed by atoms with Crippen molar-refractivity contribution in [3.05, 3.63) is 175 Å². The standard InChI is InChI=1S/C61H64N6O18S3/c1-80-53-16-13-44(47(35-53)19-26-86(71,72)73)10-7-41-29-50(64-56(32-41)59(68)83-4)38-62-22-24-67(40-52-31-43(34-58(66-52)61(70)85-6)9-12-46-15-18-55(82-3)37-49(46)21-28-88(77,78)79)25-23-63-39-51-30-42(33-57(65-51)60(69)84-5)8-11-45-14-17-54(81-2)36-48(45)20-27-87(74,75)76/h13-18,29-37,62-63H,19-28,38-40H2,1-6H3,(H,71,72,73)(H,74,75,76)(H,77,78,79). The van der Waals surface area contributed by atoms with Crippen LogP contribution < -0.4 is 24.8 Å². The molecule has 0 fully saturated rings. The molecule has 0 spiro atoms. The number of benzene rings is 3. The first-order valence-electron chi connectivity index (χ1n) is 26.7. The Hall–Kier alpha value is -8.79. The van der Waals surface area contributed by atoms with Gasteiger partial charge in [-0.2, -0.15) is 25.3 Å². The molecule has 0 saturated carbocycles. The van der Waals surface area contributed by atoms with Gasteiger partial charge in [0, 0.05) is 79.2 Å². The van der Waals surface area contributed by atoms with Crippen LogP contribution in [-0.2, 0) is 83.5 Å². The molecule has 5 N–H and O–H groups in total. The van der Waals surface area contributed by atoms with E-state index >= 15 is 0 Å². The Morgan fingerprint density at radius 1 is 0.443 bits per heavy atom. The number of carbonyl (C=O) groups excluding carboxylic acids is 3. The molecule has 27 heteroatoms. The lowest BCUT2D eigenvalue weighted by Gasteiger charge is -2.23. The maximum absolute atomic E-state index is 13.1. The van der Waals surface area contributed by atoms with Crippen molar-refractivity contribution in [1.29, 1.82) is 0 Å². The first-order chi connectivity index (χ1) is 41.9. The molecule has 0 aliphatic rings. The summed E-state index contributed by atoms with van der Waals surface area (Å²) in [4.78, 5) is 54.5. The number of aromatic nitrogens is 3. The first kappa shape index (κ1) is 68.3. The van der Waals surface area contributed by atoms with E-state index in [2.05, 4.69) is 61.1 Å². The second-order valence-corrected chi connectivity index (χ2v) is 23.9. The predicted molar refractivity (Wildman–Crippen MR) is 323 cm³/mol. The SMILES string of the molecule is COC(=O)c1cc(C#Cc2ccc(OC)cc2CCS(=O)(=O)O)cc(CNCCN(CCNCc2cc(C#Cc3ccc(OC)cc3CCS(=O)(=O)O)cc(C(=O)OC)n2)Cc2cc(C#Cc3ccc(OC)cc3CCS(=O)(=O)O)cc(C(=O)OC)n2)n1. The Labute approximate surface area is 511 Å². The van der Waals surface area contributed by atoms with E-state index in [9.17, 15) is 53.3 Å². The number of aryl methyl sites for hydroxylation is 3. The van der Waals surface area contributed by atoms with E-state index in [1.165, 1.54) is 60.9 Å². The highest BCUT2D eigenvalue weighted by Gasteiger charge is 2.18. The van der Waals surface area contributed by atoms with Crippen LogP contribution in [0.4, 0.5) is 0 Å². The van der Waals surface area contributed by atoms with Gasteiger partial charge in [0.15, 0.2) is 0 Å². The number of esters is 3. The summed E-state index contributed by atoms with van der Waals surface area (Å²) in [5.41, 5.74) is 5.15. The van der Waals surface area contributed by atoms with Crippen molar-refractivity contribution >= 4 is 48.3 Å². The number of nitrogens with one attached hydrogen (secondary N) is 2. The van der Waals surface area contributed by atoms with Crippen LogP contribution in [0, 0.1) is 35.5 Å². The summed E-state index contributed by atoms with van der Waals surface area (Å²) < 4.78 is 129. The van der Waals surface area contributed by atoms with Gasteiger partial charge >= 0.3 is 17.9 Å². The minimum absolute atomic E-state index is 0.0252. The van der Waals surface area contributed by atoms with Crippen molar-refractivity contribution in [2.24, 2.45) is 0 Å². The minimum atomic E-state index is -4.32. The zero-order valence-electron chi connectivity index (χ0n) is 48.8. The molecule has 24 nitrogen and oxygen atoms in total. The monoisotopic (exact) mass is 1260 g/mol. The number of carbonyl (C=O) groups is 3. The van der Waals surface area contributed by atoms with Crippen LogP contribution in [0.3, 0.4) is 0 Å². The lowest BCUT2D eigenvalue weighted by atomic mass is 10.0. The number of ether oxygens (including phenoxy) is 6. The average molecular weight is 1270 g/mol. The Balaban J connectivity index is 1.29. The molecule has 0 unspecified atom stereocenters. The van der Waals surface area contributed by atoms with Gasteiger partial charge in [-0.25, -0.2) is 29.3 Å². The summed E-state index contributed by atoms with van der Waals surface area (Å²) >= 11 is 0. The highest BCUT2D eigenvalue weighted by molar-refractivity contribution is 7.86. The summed E-state index contributed by atoms with van der Waals surface area (Å²) in [6, 6.07) is 24.2. The summed E-state index contributed by atoms with van der Waals surface area (Å²) in [5, 5.41) is 6.72. The van der Waals surface area contributed by atoms with Gasteiger partial charge in [-0.05, 0) is 127 Å². The maximum Gasteiger partial charge on any atom is 0.356 e. The van der Waals surface area contributed by atoms with E-state index in [0.717, 1.165) is 0 Å². The van der Waals surface area contributed by atoms with Crippen molar-refractivity contribution in [1.82, 2.24) is 30.5 Å². The highest BCUT2D eigenvalue weighted by Crippen LogP contribution is 2.22. The molecular formula is C61H64N6O18S3. The van der Waals surface area contributed by atoms with Crippen molar-refractivity contribution in [2.45, 2.75) is 38.9 Å². The third-order valence-corrected chi connectivity index (χ3v) is 15.0. The summed E-state index contributed by atoms with van der Waals surface area (Å²) in [6.45, 7) is 1.74. The molecule has 0 aliphatic carbocycles. The number of hydrogen-bond donors (Lipinski definition) is 5. The second-order valence-electron chi connectivity index (χ2n) is 19.2. The van der Waals surface area contributed by atoms with Crippen molar-refractivity contribution in [2.75, 3.05) is 86.1 Å². The number of pyridine rings is 3. The van der Waals surface area contributed by atoms with Crippen LogP contribution in [0.5, 0.6) is 17.2 Å². The number of methoxy groups -OCH3 is 6. The molecule has 3 heterocycles. The quantitative estimate of drug-likeness (QED) is 0.0159. The normalized spacial score (nSPS) is 11.2. The molecule has 0 amide bonds. The Kier molecular flexibility index (Phi) is 25.1. The van der Waals surface area contributed by atoms with Crippen molar-refractivity contribution < 1.29 is 81.7 Å². The predicted octanol–water partition coefficient (Wildman–Crippen LogP) is 4.13.